The van der Waals surface area contributed by atoms with Crippen LogP contribution in [0.25, 0.3) is 4.96 Å². The minimum atomic E-state index is 0.446. The zero-order valence-electron chi connectivity index (χ0n) is 9.64. The molecule has 2 aromatic heterocycles. The van der Waals surface area contributed by atoms with Crippen molar-refractivity contribution < 1.29 is 0 Å². The maximum absolute atomic E-state index is 6.02. The molecule has 7 heteroatoms. The summed E-state index contributed by atoms with van der Waals surface area (Å²) in [6.07, 6.45) is 1.98. The monoisotopic (exact) mass is 329 g/mol. The van der Waals surface area contributed by atoms with Gasteiger partial charge in [-0.25, -0.2) is 4.98 Å². The van der Waals surface area contributed by atoms with Crippen LogP contribution in [-0.4, -0.2) is 9.38 Å². The van der Waals surface area contributed by atoms with Crippen molar-refractivity contribution in [2.45, 2.75) is 16.5 Å². The highest BCUT2D eigenvalue weighted by Crippen LogP contribution is 2.34. The second-order valence-corrected chi connectivity index (χ2v) is 6.55. The van der Waals surface area contributed by atoms with Crippen molar-refractivity contribution >= 4 is 51.3 Å². The van der Waals surface area contributed by atoms with Crippen molar-refractivity contribution in [3.63, 3.8) is 0 Å². The molecule has 0 saturated carbocycles. The Bertz CT molecular complexity index is 736. The highest BCUT2D eigenvalue weighted by atomic mass is 35.5. The van der Waals surface area contributed by atoms with E-state index in [1.54, 1.807) is 29.2 Å². The first-order valence-electron chi connectivity index (χ1n) is 5.46. The van der Waals surface area contributed by atoms with E-state index < -0.39 is 0 Å². The molecule has 3 nitrogen and oxygen atoms in total. The van der Waals surface area contributed by atoms with E-state index in [1.807, 2.05) is 28.1 Å². The van der Waals surface area contributed by atoms with Crippen LogP contribution in [0.3, 0.4) is 0 Å². The van der Waals surface area contributed by atoms with Gasteiger partial charge in [0.2, 0.25) is 0 Å². The molecule has 0 bridgehead atoms. The molecular weight excluding hydrogens is 321 g/mol. The Hall–Kier alpha value is -0.720. The molecule has 3 aromatic rings. The van der Waals surface area contributed by atoms with E-state index in [2.05, 4.69) is 4.98 Å². The molecule has 0 aliphatic carbocycles. The third kappa shape index (κ3) is 2.49. The summed E-state index contributed by atoms with van der Waals surface area (Å²) in [6, 6.07) is 5.54. The van der Waals surface area contributed by atoms with E-state index in [0.29, 0.717) is 16.6 Å². The molecule has 0 radical (unpaired) electrons. The summed E-state index contributed by atoms with van der Waals surface area (Å²) in [5.41, 5.74) is 6.82. The third-order valence-corrected chi connectivity index (χ3v) is 5.13. The van der Waals surface area contributed by atoms with Gasteiger partial charge in [0.1, 0.15) is 5.03 Å². The van der Waals surface area contributed by atoms with Crippen molar-refractivity contribution in [1.82, 2.24) is 9.38 Å². The molecule has 0 aliphatic rings. The lowest BCUT2D eigenvalue weighted by atomic mass is 10.4. The van der Waals surface area contributed by atoms with Crippen LogP contribution in [0.1, 0.15) is 5.69 Å². The number of aromatic nitrogens is 2. The van der Waals surface area contributed by atoms with Crippen LogP contribution in [0.15, 0.2) is 39.7 Å². The number of imidazole rings is 1. The van der Waals surface area contributed by atoms with Crippen molar-refractivity contribution in [2.75, 3.05) is 0 Å². The van der Waals surface area contributed by atoms with E-state index in [4.69, 9.17) is 28.9 Å². The van der Waals surface area contributed by atoms with Gasteiger partial charge in [-0.05, 0) is 18.2 Å². The van der Waals surface area contributed by atoms with Gasteiger partial charge in [0, 0.05) is 23.0 Å². The Labute approximate surface area is 128 Å². The first-order chi connectivity index (χ1) is 9.19. The van der Waals surface area contributed by atoms with E-state index in [0.717, 1.165) is 20.6 Å². The van der Waals surface area contributed by atoms with Crippen LogP contribution in [0, 0.1) is 0 Å². The Kier molecular flexibility index (Phi) is 3.73. The van der Waals surface area contributed by atoms with Crippen LogP contribution in [0.4, 0.5) is 0 Å². The molecule has 2 N–H and O–H groups in total. The Balaban J connectivity index is 2.00. The summed E-state index contributed by atoms with van der Waals surface area (Å²) < 4.78 is 2.02. The minimum absolute atomic E-state index is 0.446. The number of nitrogens with zero attached hydrogens (tertiary/aromatic N) is 2. The van der Waals surface area contributed by atoms with Gasteiger partial charge >= 0.3 is 0 Å². The average Bonchev–Trinajstić information content (AvgIpc) is 2.94. The molecule has 19 heavy (non-hydrogen) atoms. The molecule has 0 spiro atoms. The van der Waals surface area contributed by atoms with Gasteiger partial charge in [-0.3, -0.25) is 4.40 Å². The van der Waals surface area contributed by atoms with E-state index in [9.17, 15) is 0 Å². The Morgan fingerprint density at radius 1 is 1.32 bits per heavy atom. The molecule has 0 atom stereocenters. The van der Waals surface area contributed by atoms with Crippen LogP contribution < -0.4 is 5.73 Å². The summed E-state index contributed by atoms with van der Waals surface area (Å²) in [7, 11) is 0. The van der Waals surface area contributed by atoms with Gasteiger partial charge in [-0.1, -0.05) is 35.0 Å². The van der Waals surface area contributed by atoms with E-state index >= 15 is 0 Å². The van der Waals surface area contributed by atoms with Crippen molar-refractivity contribution in [3.05, 3.63) is 45.5 Å². The summed E-state index contributed by atoms with van der Waals surface area (Å²) >= 11 is 15.1. The van der Waals surface area contributed by atoms with Gasteiger partial charge in [0.25, 0.3) is 0 Å². The molecule has 0 aliphatic heterocycles. The Morgan fingerprint density at radius 3 is 2.89 bits per heavy atom. The number of rotatable bonds is 3. The van der Waals surface area contributed by atoms with Crippen molar-refractivity contribution in [3.8, 4) is 0 Å². The van der Waals surface area contributed by atoms with Crippen LogP contribution in [-0.2, 0) is 6.54 Å². The lowest BCUT2D eigenvalue weighted by molar-refractivity contribution is 0.924. The fourth-order valence-electron chi connectivity index (χ4n) is 1.73. The lowest BCUT2D eigenvalue weighted by Crippen LogP contribution is -2.00. The molecule has 0 amide bonds. The second kappa shape index (κ2) is 5.34. The second-order valence-electron chi connectivity index (χ2n) is 3.80. The first kappa shape index (κ1) is 13.3. The first-order valence-corrected chi connectivity index (χ1v) is 7.91. The van der Waals surface area contributed by atoms with Gasteiger partial charge in [0.05, 0.1) is 15.7 Å². The van der Waals surface area contributed by atoms with Gasteiger partial charge in [0.15, 0.2) is 4.96 Å². The summed E-state index contributed by atoms with van der Waals surface area (Å²) in [5.74, 6) is 0. The predicted molar refractivity (Wildman–Crippen MR) is 81.5 cm³/mol. The third-order valence-electron chi connectivity index (χ3n) is 2.62. The fourth-order valence-corrected chi connectivity index (χ4v) is 3.85. The maximum Gasteiger partial charge on any atom is 0.194 e. The number of hydrogen-bond acceptors (Lipinski definition) is 4. The normalized spacial score (nSPS) is 11.3. The molecule has 2 heterocycles. The van der Waals surface area contributed by atoms with Gasteiger partial charge in [-0.15, -0.1) is 11.3 Å². The molecular formula is C12H9Cl2N3S2. The summed E-state index contributed by atoms with van der Waals surface area (Å²) in [5, 5.41) is 4.00. The largest absolute Gasteiger partial charge is 0.325 e. The standard InChI is InChI=1S/C12H9Cl2N3S2/c13-8-2-1-7(5-9(8)14)19-11-10(6-15)17-3-4-18-12(17)16-11/h1-5H,6,15H2. The van der Waals surface area contributed by atoms with Crippen LogP contribution >= 0.6 is 46.3 Å². The number of benzene rings is 1. The topological polar surface area (TPSA) is 43.3 Å². The van der Waals surface area contributed by atoms with Gasteiger partial charge in [-0.2, -0.15) is 0 Å². The van der Waals surface area contributed by atoms with E-state index in [-0.39, 0.29) is 0 Å². The highest BCUT2D eigenvalue weighted by Gasteiger charge is 2.13. The average molecular weight is 330 g/mol. The zero-order valence-corrected chi connectivity index (χ0v) is 12.8. The number of thiazole rings is 1. The predicted octanol–water partition coefficient (Wildman–Crippen LogP) is 4.31. The molecule has 0 saturated heterocycles. The molecule has 98 valence electrons. The number of fused-ring (bicyclic) bond motifs is 1. The number of halogens is 2. The quantitative estimate of drug-likeness (QED) is 0.778. The van der Waals surface area contributed by atoms with E-state index in [1.165, 1.54) is 0 Å². The fraction of sp³-hybridized carbons (Fsp3) is 0.0833. The molecule has 0 unspecified atom stereocenters. The Morgan fingerprint density at radius 2 is 2.16 bits per heavy atom. The maximum atomic E-state index is 6.02. The molecule has 3 rings (SSSR count). The number of nitrogens with two attached hydrogens (primary N) is 1. The van der Waals surface area contributed by atoms with Crippen molar-refractivity contribution in [2.24, 2.45) is 5.73 Å². The van der Waals surface area contributed by atoms with Crippen LogP contribution in [0.5, 0.6) is 0 Å². The highest BCUT2D eigenvalue weighted by molar-refractivity contribution is 7.99. The molecule has 0 fully saturated rings. The zero-order chi connectivity index (χ0) is 13.4. The molecule has 1 aromatic carbocycles. The SMILES string of the molecule is NCc1c(Sc2ccc(Cl)c(Cl)c2)nc2sccn12. The summed E-state index contributed by atoms with van der Waals surface area (Å²) in [4.78, 5) is 6.52. The van der Waals surface area contributed by atoms with Gasteiger partial charge < -0.3 is 5.73 Å². The van der Waals surface area contributed by atoms with Crippen molar-refractivity contribution in [1.29, 1.82) is 0 Å². The van der Waals surface area contributed by atoms with Crippen LogP contribution in [0.2, 0.25) is 10.0 Å². The summed E-state index contributed by atoms with van der Waals surface area (Å²) in [6.45, 7) is 0.446. The lowest BCUT2D eigenvalue weighted by Gasteiger charge is -2.03. The number of hydrogen-bond donors (Lipinski definition) is 1. The smallest absolute Gasteiger partial charge is 0.194 e. The minimum Gasteiger partial charge on any atom is -0.325 e.